The van der Waals surface area contributed by atoms with Crippen LogP contribution in [0.15, 0.2) is 0 Å². The Morgan fingerprint density at radius 2 is 1.92 bits per heavy atom. The van der Waals surface area contributed by atoms with E-state index in [0.29, 0.717) is 6.42 Å². The minimum Gasteiger partial charge on any atom is -0.459 e. The maximum atomic E-state index is 11.3. The summed E-state index contributed by atoms with van der Waals surface area (Å²) in [7, 11) is 0. The second-order valence-electron chi connectivity index (χ2n) is 3.97. The smallest absolute Gasteiger partial charge is 0.306 e. The van der Waals surface area contributed by atoms with Crippen LogP contribution in [-0.2, 0) is 9.53 Å². The SMILES string of the molecule is CCCC(=O)OC1(CC)CCCC1. The van der Waals surface area contributed by atoms with Gasteiger partial charge in [0.2, 0.25) is 0 Å². The summed E-state index contributed by atoms with van der Waals surface area (Å²) < 4.78 is 5.55. The molecule has 0 N–H and O–H groups in total. The van der Waals surface area contributed by atoms with Gasteiger partial charge in [-0.2, -0.15) is 0 Å². The topological polar surface area (TPSA) is 26.3 Å². The van der Waals surface area contributed by atoms with Gasteiger partial charge >= 0.3 is 5.97 Å². The number of hydrogen-bond donors (Lipinski definition) is 0. The van der Waals surface area contributed by atoms with Gasteiger partial charge in [0.15, 0.2) is 0 Å². The zero-order chi connectivity index (χ0) is 9.73. The molecule has 0 spiro atoms. The Hall–Kier alpha value is -0.530. The molecule has 0 aromatic rings. The Morgan fingerprint density at radius 3 is 2.38 bits per heavy atom. The van der Waals surface area contributed by atoms with Gasteiger partial charge in [-0.3, -0.25) is 4.79 Å². The number of carbonyl (C=O) groups excluding carboxylic acids is 1. The van der Waals surface area contributed by atoms with Gasteiger partial charge in [-0.05, 0) is 38.5 Å². The quantitative estimate of drug-likeness (QED) is 0.628. The van der Waals surface area contributed by atoms with E-state index in [0.717, 1.165) is 25.7 Å². The van der Waals surface area contributed by atoms with E-state index in [-0.39, 0.29) is 11.6 Å². The van der Waals surface area contributed by atoms with Crippen molar-refractivity contribution in [2.24, 2.45) is 0 Å². The number of rotatable bonds is 4. The van der Waals surface area contributed by atoms with Crippen LogP contribution < -0.4 is 0 Å². The van der Waals surface area contributed by atoms with Gasteiger partial charge in [0, 0.05) is 6.42 Å². The molecule has 0 radical (unpaired) electrons. The summed E-state index contributed by atoms with van der Waals surface area (Å²) in [4.78, 5) is 11.3. The van der Waals surface area contributed by atoms with Crippen LogP contribution >= 0.6 is 0 Å². The highest BCUT2D eigenvalue weighted by molar-refractivity contribution is 5.69. The average molecular weight is 184 g/mol. The molecule has 1 saturated carbocycles. The van der Waals surface area contributed by atoms with Crippen LogP contribution in [0.25, 0.3) is 0 Å². The van der Waals surface area contributed by atoms with Crippen LogP contribution in [0, 0.1) is 0 Å². The molecule has 13 heavy (non-hydrogen) atoms. The molecule has 1 fully saturated rings. The van der Waals surface area contributed by atoms with Crippen molar-refractivity contribution in [3.63, 3.8) is 0 Å². The lowest BCUT2D eigenvalue weighted by Crippen LogP contribution is -2.30. The van der Waals surface area contributed by atoms with Crippen LogP contribution in [0.5, 0.6) is 0 Å². The molecular formula is C11H20O2. The summed E-state index contributed by atoms with van der Waals surface area (Å²) in [6, 6.07) is 0. The molecule has 0 saturated heterocycles. The lowest BCUT2D eigenvalue weighted by Gasteiger charge is -2.27. The average Bonchev–Trinajstić information content (AvgIpc) is 2.54. The van der Waals surface area contributed by atoms with Crippen LogP contribution in [-0.4, -0.2) is 11.6 Å². The summed E-state index contributed by atoms with van der Waals surface area (Å²) in [6.07, 6.45) is 7.00. The number of carbonyl (C=O) groups is 1. The maximum absolute atomic E-state index is 11.3. The van der Waals surface area contributed by atoms with Crippen molar-refractivity contribution in [2.75, 3.05) is 0 Å². The molecule has 0 aromatic carbocycles. The number of ether oxygens (including phenoxy) is 1. The normalized spacial score (nSPS) is 20.2. The first kappa shape index (κ1) is 10.6. The van der Waals surface area contributed by atoms with Crippen molar-refractivity contribution in [3.05, 3.63) is 0 Å². The van der Waals surface area contributed by atoms with Crippen LogP contribution in [0.2, 0.25) is 0 Å². The Kier molecular flexibility index (Phi) is 3.76. The monoisotopic (exact) mass is 184 g/mol. The minimum atomic E-state index is -0.0910. The van der Waals surface area contributed by atoms with Gasteiger partial charge in [0.25, 0.3) is 0 Å². The van der Waals surface area contributed by atoms with E-state index in [1.807, 2.05) is 6.92 Å². The molecule has 0 atom stereocenters. The van der Waals surface area contributed by atoms with Gasteiger partial charge in [0.1, 0.15) is 5.60 Å². The third kappa shape index (κ3) is 2.71. The van der Waals surface area contributed by atoms with Gasteiger partial charge in [-0.1, -0.05) is 13.8 Å². The second kappa shape index (κ2) is 4.64. The fourth-order valence-corrected chi connectivity index (χ4v) is 2.04. The van der Waals surface area contributed by atoms with Gasteiger partial charge in [-0.25, -0.2) is 0 Å². The van der Waals surface area contributed by atoms with Gasteiger partial charge < -0.3 is 4.74 Å². The molecule has 76 valence electrons. The number of hydrogen-bond acceptors (Lipinski definition) is 2. The Labute approximate surface area is 80.7 Å². The predicted octanol–water partition coefficient (Wildman–Crippen LogP) is 3.05. The van der Waals surface area contributed by atoms with E-state index in [1.54, 1.807) is 0 Å². The predicted molar refractivity (Wildman–Crippen MR) is 52.5 cm³/mol. The third-order valence-electron chi connectivity index (χ3n) is 2.94. The molecule has 0 heterocycles. The van der Waals surface area contributed by atoms with Crippen LogP contribution in [0.3, 0.4) is 0 Å². The van der Waals surface area contributed by atoms with Crippen molar-refractivity contribution in [1.29, 1.82) is 0 Å². The third-order valence-corrected chi connectivity index (χ3v) is 2.94. The number of esters is 1. The molecule has 0 amide bonds. The molecule has 0 unspecified atom stereocenters. The molecule has 2 heteroatoms. The van der Waals surface area contributed by atoms with Crippen molar-refractivity contribution in [1.82, 2.24) is 0 Å². The highest BCUT2D eigenvalue weighted by Gasteiger charge is 2.35. The highest BCUT2D eigenvalue weighted by Crippen LogP contribution is 2.36. The van der Waals surface area contributed by atoms with Gasteiger partial charge in [0.05, 0.1) is 0 Å². The molecule has 0 aromatic heterocycles. The van der Waals surface area contributed by atoms with Crippen molar-refractivity contribution in [2.45, 2.75) is 64.4 Å². The zero-order valence-corrected chi connectivity index (χ0v) is 8.77. The van der Waals surface area contributed by atoms with Crippen LogP contribution in [0.4, 0.5) is 0 Å². The molecule has 0 aliphatic heterocycles. The summed E-state index contributed by atoms with van der Waals surface area (Å²) >= 11 is 0. The molecule has 0 bridgehead atoms. The highest BCUT2D eigenvalue weighted by atomic mass is 16.6. The molecule has 1 aliphatic carbocycles. The van der Waals surface area contributed by atoms with E-state index >= 15 is 0 Å². The maximum Gasteiger partial charge on any atom is 0.306 e. The van der Waals surface area contributed by atoms with E-state index < -0.39 is 0 Å². The van der Waals surface area contributed by atoms with Crippen LogP contribution in [0.1, 0.15) is 58.8 Å². The van der Waals surface area contributed by atoms with E-state index in [2.05, 4.69) is 6.92 Å². The zero-order valence-electron chi connectivity index (χ0n) is 8.77. The summed E-state index contributed by atoms with van der Waals surface area (Å²) in [6.45, 7) is 4.12. The first-order valence-electron chi connectivity index (χ1n) is 5.44. The van der Waals surface area contributed by atoms with Crippen molar-refractivity contribution in [3.8, 4) is 0 Å². The Balaban J connectivity index is 2.43. The molecule has 1 rings (SSSR count). The van der Waals surface area contributed by atoms with E-state index in [4.69, 9.17) is 4.74 Å². The lowest BCUT2D eigenvalue weighted by atomic mass is 9.99. The first-order valence-corrected chi connectivity index (χ1v) is 5.44. The summed E-state index contributed by atoms with van der Waals surface area (Å²) in [5.74, 6) is -0.00810. The first-order chi connectivity index (χ1) is 6.22. The largest absolute Gasteiger partial charge is 0.459 e. The van der Waals surface area contributed by atoms with Gasteiger partial charge in [-0.15, -0.1) is 0 Å². The minimum absolute atomic E-state index is 0.00810. The van der Waals surface area contributed by atoms with E-state index in [1.165, 1.54) is 12.8 Å². The Bertz CT molecular complexity index is 169. The lowest BCUT2D eigenvalue weighted by molar-refractivity contribution is -0.159. The summed E-state index contributed by atoms with van der Waals surface area (Å²) in [5.41, 5.74) is -0.0910. The standard InChI is InChI=1S/C11H20O2/c1-3-7-10(12)13-11(4-2)8-5-6-9-11/h3-9H2,1-2H3. The van der Waals surface area contributed by atoms with E-state index in [9.17, 15) is 4.79 Å². The summed E-state index contributed by atoms with van der Waals surface area (Å²) in [5, 5.41) is 0. The molecule has 1 aliphatic rings. The Morgan fingerprint density at radius 1 is 1.31 bits per heavy atom. The molecular weight excluding hydrogens is 164 g/mol. The fourth-order valence-electron chi connectivity index (χ4n) is 2.04. The van der Waals surface area contributed by atoms with Crippen molar-refractivity contribution < 1.29 is 9.53 Å². The fraction of sp³-hybridized carbons (Fsp3) is 0.909. The second-order valence-corrected chi connectivity index (χ2v) is 3.97. The van der Waals surface area contributed by atoms with Crippen molar-refractivity contribution >= 4 is 5.97 Å². The molecule has 2 nitrogen and oxygen atoms in total.